The third kappa shape index (κ3) is 6.63. The summed E-state index contributed by atoms with van der Waals surface area (Å²) in [7, 11) is -3.08. The third-order valence-corrected chi connectivity index (χ3v) is 8.07. The van der Waals surface area contributed by atoms with Crippen LogP contribution < -0.4 is 16.0 Å². The number of hydrogen-bond acceptors (Lipinski definition) is 4. The van der Waals surface area contributed by atoms with Gasteiger partial charge >= 0.3 is 0 Å². The molecule has 2 aromatic carbocycles. The number of sulfone groups is 1. The molecule has 32 heavy (non-hydrogen) atoms. The van der Waals surface area contributed by atoms with Crippen molar-refractivity contribution in [2.45, 2.75) is 32.7 Å². The van der Waals surface area contributed by atoms with Crippen LogP contribution in [0.2, 0.25) is 0 Å². The van der Waals surface area contributed by atoms with Gasteiger partial charge in [-0.3, -0.25) is 0 Å². The van der Waals surface area contributed by atoms with Gasteiger partial charge in [0.2, 0.25) is 0 Å². The number of nitrogens with zero attached hydrogens (tertiary/aromatic N) is 1. The van der Waals surface area contributed by atoms with Crippen molar-refractivity contribution in [1.29, 1.82) is 0 Å². The molecule has 0 aromatic heterocycles. The molecule has 0 amide bonds. The number of anilines is 2. The van der Waals surface area contributed by atoms with E-state index in [1.165, 1.54) is 5.56 Å². The highest BCUT2D eigenvalue weighted by Crippen LogP contribution is 2.30. The summed E-state index contributed by atoms with van der Waals surface area (Å²) in [5.74, 6) is 0.260. The van der Waals surface area contributed by atoms with E-state index in [4.69, 9.17) is 24.4 Å². The van der Waals surface area contributed by atoms with Crippen molar-refractivity contribution >= 4 is 55.9 Å². The van der Waals surface area contributed by atoms with E-state index in [0.717, 1.165) is 16.9 Å². The van der Waals surface area contributed by atoms with Crippen LogP contribution in [0.25, 0.3) is 0 Å². The summed E-state index contributed by atoms with van der Waals surface area (Å²) in [5, 5.41) is 10.7. The summed E-state index contributed by atoms with van der Waals surface area (Å²) in [6, 6.07) is 15.9. The highest BCUT2D eigenvalue weighted by atomic mass is 32.2. The number of thiocarbonyl (C=S) groups is 2. The molecule has 1 atom stereocenters. The number of benzene rings is 2. The highest BCUT2D eigenvalue weighted by Gasteiger charge is 2.43. The van der Waals surface area contributed by atoms with Gasteiger partial charge in [0.05, 0.1) is 17.0 Å². The van der Waals surface area contributed by atoms with Crippen LogP contribution in [0, 0.1) is 13.8 Å². The highest BCUT2D eigenvalue weighted by molar-refractivity contribution is 7.91. The lowest BCUT2D eigenvalue weighted by molar-refractivity contribution is 0.227. The first kappa shape index (κ1) is 24.4. The zero-order valence-electron chi connectivity index (χ0n) is 18.6. The predicted molar refractivity (Wildman–Crippen MR) is 141 cm³/mol. The second kappa shape index (κ2) is 10.1. The molecule has 1 aliphatic rings. The monoisotopic (exact) mass is 490 g/mol. The summed E-state index contributed by atoms with van der Waals surface area (Å²) in [6.45, 7) is 7.05. The first-order valence-corrected chi connectivity index (χ1v) is 13.2. The summed E-state index contributed by atoms with van der Waals surface area (Å²) in [6.07, 6.45) is 0.539. The SMILES string of the molecule is Cc1ccc(NC(=S)NCCN(C(=S)Nc2ccc(C)cc2)[C@]2(C)CCS(=O)(=O)C2)cc1. The fraction of sp³-hybridized carbons (Fsp3) is 0.391. The summed E-state index contributed by atoms with van der Waals surface area (Å²) < 4.78 is 24.5. The van der Waals surface area contributed by atoms with Crippen LogP contribution >= 0.6 is 24.4 Å². The molecular formula is C23H30N4O2S3. The Kier molecular flexibility index (Phi) is 7.74. The van der Waals surface area contributed by atoms with E-state index in [0.29, 0.717) is 29.7 Å². The van der Waals surface area contributed by atoms with E-state index >= 15 is 0 Å². The maximum absolute atomic E-state index is 12.2. The smallest absolute Gasteiger partial charge is 0.173 e. The first-order valence-electron chi connectivity index (χ1n) is 10.5. The van der Waals surface area contributed by atoms with Gasteiger partial charge in [-0.2, -0.15) is 0 Å². The van der Waals surface area contributed by atoms with Crippen LogP contribution in [0.4, 0.5) is 11.4 Å². The van der Waals surface area contributed by atoms with Crippen molar-refractivity contribution in [1.82, 2.24) is 10.2 Å². The lowest BCUT2D eigenvalue weighted by atomic mass is 9.99. The fourth-order valence-corrected chi connectivity index (χ4v) is 6.54. The molecule has 3 rings (SSSR count). The molecule has 0 unspecified atom stereocenters. The van der Waals surface area contributed by atoms with Crippen molar-refractivity contribution in [3.63, 3.8) is 0 Å². The van der Waals surface area contributed by atoms with Crippen molar-refractivity contribution in [2.24, 2.45) is 0 Å². The summed E-state index contributed by atoms with van der Waals surface area (Å²) in [4.78, 5) is 1.98. The van der Waals surface area contributed by atoms with Crippen molar-refractivity contribution < 1.29 is 8.42 Å². The number of rotatable bonds is 6. The Balaban J connectivity index is 1.65. The molecule has 1 aliphatic heterocycles. The maximum atomic E-state index is 12.2. The van der Waals surface area contributed by atoms with E-state index < -0.39 is 15.4 Å². The van der Waals surface area contributed by atoms with Gasteiger partial charge < -0.3 is 20.9 Å². The summed E-state index contributed by atoms with van der Waals surface area (Å²) in [5.41, 5.74) is 3.56. The summed E-state index contributed by atoms with van der Waals surface area (Å²) >= 11 is 11.1. The zero-order valence-corrected chi connectivity index (χ0v) is 21.1. The number of aryl methyl sites for hydroxylation is 2. The molecule has 2 aromatic rings. The van der Waals surface area contributed by atoms with Crippen molar-refractivity contribution in [2.75, 3.05) is 35.2 Å². The molecule has 172 valence electrons. The van der Waals surface area contributed by atoms with Crippen LogP contribution in [-0.2, 0) is 9.84 Å². The minimum atomic E-state index is -3.08. The fourth-order valence-electron chi connectivity index (χ4n) is 3.74. The normalized spacial score (nSPS) is 19.2. The quantitative estimate of drug-likeness (QED) is 0.527. The number of nitrogens with one attached hydrogen (secondary N) is 3. The maximum Gasteiger partial charge on any atom is 0.173 e. The second-order valence-electron chi connectivity index (χ2n) is 8.53. The van der Waals surface area contributed by atoms with E-state index in [1.807, 2.05) is 74.2 Å². The van der Waals surface area contributed by atoms with Gasteiger partial charge in [-0.25, -0.2) is 8.42 Å². The molecule has 0 spiro atoms. The Bertz CT molecular complexity index is 1070. The van der Waals surface area contributed by atoms with Crippen LogP contribution in [0.1, 0.15) is 24.5 Å². The van der Waals surface area contributed by atoms with Gasteiger partial charge in [-0.05, 0) is 75.9 Å². The molecular weight excluding hydrogens is 460 g/mol. The van der Waals surface area contributed by atoms with Crippen LogP contribution in [0.15, 0.2) is 48.5 Å². The van der Waals surface area contributed by atoms with Gasteiger partial charge in [0.15, 0.2) is 20.1 Å². The zero-order chi connectivity index (χ0) is 23.4. The largest absolute Gasteiger partial charge is 0.361 e. The standard InChI is InChI=1S/C23H30N4O2S3/c1-17-4-8-19(9-5-17)25-21(30)24-13-14-27(23(3)12-15-32(28,29)16-23)22(31)26-20-10-6-18(2)7-11-20/h4-11H,12-16H2,1-3H3,(H,26,31)(H2,24,25,30)/t23-/m1/s1. The molecule has 1 heterocycles. The third-order valence-electron chi connectivity index (χ3n) is 5.61. The molecule has 6 nitrogen and oxygen atoms in total. The lowest BCUT2D eigenvalue weighted by Gasteiger charge is -2.39. The van der Waals surface area contributed by atoms with Crippen LogP contribution in [-0.4, -0.2) is 53.7 Å². The van der Waals surface area contributed by atoms with Gasteiger partial charge in [0, 0.05) is 24.5 Å². The van der Waals surface area contributed by atoms with Gasteiger partial charge in [-0.1, -0.05) is 35.4 Å². The van der Waals surface area contributed by atoms with Gasteiger partial charge in [-0.15, -0.1) is 0 Å². The molecule has 0 bridgehead atoms. The average molecular weight is 491 g/mol. The topological polar surface area (TPSA) is 73.5 Å². The Morgan fingerprint density at radius 3 is 2.00 bits per heavy atom. The van der Waals surface area contributed by atoms with E-state index in [9.17, 15) is 8.42 Å². The lowest BCUT2D eigenvalue weighted by Crippen LogP contribution is -2.54. The molecule has 0 aliphatic carbocycles. The Labute approximate surface area is 201 Å². The number of hydrogen-bond donors (Lipinski definition) is 3. The average Bonchev–Trinajstić information content (AvgIpc) is 3.02. The van der Waals surface area contributed by atoms with Crippen LogP contribution in [0.5, 0.6) is 0 Å². The molecule has 1 saturated heterocycles. The Morgan fingerprint density at radius 1 is 0.969 bits per heavy atom. The first-order chi connectivity index (χ1) is 15.1. The Morgan fingerprint density at radius 2 is 1.50 bits per heavy atom. The van der Waals surface area contributed by atoms with Crippen molar-refractivity contribution in [3.8, 4) is 0 Å². The van der Waals surface area contributed by atoms with Gasteiger partial charge in [0.1, 0.15) is 0 Å². The molecule has 3 N–H and O–H groups in total. The Hall–Kier alpha value is -2.23. The van der Waals surface area contributed by atoms with E-state index in [1.54, 1.807) is 0 Å². The minimum Gasteiger partial charge on any atom is -0.361 e. The van der Waals surface area contributed by atoms with Crippen LogP contribution in [0.3, 0.4) is 0 Å². The van der Waals surface area contributed by atoms with Gasteiger partial charge in [0.25, 0.3) is 0 Å². The molecule has 0 radical (unpaired) electrons. The second-order valence-corrected chi connectivity index (χ2v) is 11.5. The predicted octanol–water partition coefficient (Wildman–Crippen LogP) is 3.87. The van der Waals surface area contributed by atoms with E-state index in [2.05, 4.69) is 16.0 Å². The molecule has 1 fully saturated rings. The van der Waals surface area contributed by atoms with Crippen molar-refractivity contribution in [3.05, 3.63) is 59.7 Å². The molecule has 0 saturated carbocycles. The molecule has 9 heteroatoms. The van der Waals surface area contributed by atoms with E-state index in [-0.39, 0.29) is 11.5 Å². The minimum absolute atomic E-state index is 0.0851.